The Balaban J connectivity index is 1.67. The summed E-state index contributed by atoms with van der Waals surface area (Å²) in [6, 6.07) is 5.92. The van der Waals surface area contributed by atoms with Crippen molar-refractivity contribution in [2.24, 2.45) is 11.5 Å². The minimum atomic E-state index is 0.195. The third-order valence-corrected chi connectivity index (χ3v) is 6.05. The highest BCUT2D eigenvalue weighted by Crippen LogP contribution is 2.35. The summed E-state index contributed by atoms with van der Waals surface area (Å²) in [5, 5.41) is 16.7. The SMILES string of the molecule is CC(/C=C(\N)NC1CCCN(CCOC=O)C1)=C(/N)c1ccc2sccc2c1O. The van der Waals surface area contributed by atoms with Gasteiger partial charge in [0.15, 0.2) is 0 Å². The summed E-state index contributed by atoms with van der Waals surface area (Å²) in [6.07, 6.45) is 3.88. The molecule has 1 aromatic carbocycles. The number of thiophene rings is 1. The number of fused-ring (bicyclic) bond motifs is 1. The van der Waals surface area contributed by atoms with Gasteiger partial charge in [0.2, 0.25) is 0 Å². The number of likely N-dealkylation sites (tertiary alicyclic amines) is 1. The number of phenolic OH excluding ortho intramolecular Hbond substituents is 1. The first kappa shape index (κ1) is 21.0. The topological polar surface area (TPSA) is 114 Å². The van der Waals surface area contributed by atoms with E-state index >= 15 is 0 Å². The normalized spacial score (nSPS) is 19.1. The molecule has 0 bridgehead atoms. The van der Waals surface area contributed by atoms with E-state index in [-0.39, 0.29) is 11.8 Å². The first-order valence-electron chi connectivity index (χ1n) is 9.66. The van der Waals surface area contributed by atoms with E-state index in [1.807, 2.05) is 30.5 Å². The molecule has 29 heavy (non-hydrogen) atoms. The Labute approximate surface area is 174 Å². The van der Waals surface area contributed by atoms with Gasteiger partial charge in [-0.2, -0.15) is 0 Å². The molecule has 8 heteroatoms. The van der Waals surface area contributed by atoms with Crippen LogP contribution in [0.3, 0.4) is 0 Å². The third kappa shape index (κ3) is 5.21. The van der Waals surface area contributed by atoms with Crippen LogP contribution in [0.4, 0.5) is 0 Å². The van der Waals surface area contributed by atoms with Gasteiger partial charge >= 0.3 is 0 Å². The summed E-state index contributed by atoms with van der Waals surface area (Å²) in [7, 11) is 0. The number of hydrogen-bond donors (Lipinski definition) is 4. The number of nitrogens with two attached hydrogens (primary N) is 2. The van der Waals surface area contributed by atoms with E-state index in [1.165, 1.54) is 0 Å². The molecule has 6 N–H and O–H groups in total. The zero-order chi connectivity index (χ0) is 20.8. The number of rotatable bonds is 8. The van der Waals surface area contributed by atoms with Crippen molar-refractivity contribution in [3.8, 4) is 5.75 Å². The number of phenols is 1. The second kappa shape index (κ2) is 9.67. The lowest BCUT2D eigenvalue weighted by molar-refractivity contribution is -0.129. The molecule has 1 aromatic heterocycles. The van der Waals surface area contributed by atoms with Crippen molar-refractivity contribution in [2.75, 3.05) is 26.2 Å². The molecule has 1 saturated heterocycles. The van der Waals surface area contributed by atoms with E-state index in [9.17, 15) is 9.90 Å². The lowest BCUT2D eigenvalue weighted by atomic mass is 10.0. The quantitative estimate of drug-likeness (QED) is 0.297. The molecule has 2 aromatic rings. The van der Waals surface area contributed by atoms with Crippen LogP contribution >= 0.6 is 11.3 Å². The molecule has 156 valence electrons. The van der Waals surface area contributed by atoms with E-state index in [0.29, 0.717) is 30.2 Å². The maximum Gasteiger partial charge on any atom is 0.293 e. The highest BCUT2D eigenvalue weighted by molar-refractivity contribution is 7.17. The van der Waals surface area contributed by atoms with Gasteiger partial charge in [-0.1, -0.05) is 0 Å². The monoisotopic (exact) mass is 416 g/mol. The lowest BCUT2D eigenvalue weighted by Crippen LogP contribution is -2.47. The Morgan fingerprint density at radius 2 is 2.24 bits per heavy atom. The van der Waals surface area contributed by atoms with Gasteiger partial charge in [0.05, 0.1) is 5.82 Å². The molecule has 1 aliphatic rings. The van der Waals surface area contributed by atoms with Crippen LogP contribution in [-0.4, -0.2) is 48.8 Å². The van der Waals surface area contributed by atoms with Crippen LogP contribution in [0.1, 0.15) is 25.3 Å². The fourth-order valence-corrected chi connectivity index (χ4v) is 4.44. The largest absolute Gasteiger partial charge is 0.507 e. The minimum Gasteiger partial charge on any atom is -0.507 e. The third-order valence-electron chi connectivity index (χ3n) is 5.16. The molecule has 0 radical (unpaired) electrons. The highest BCUT2D eigenvalue weighted by atomic mass is 32.1. The second-order valence-corrected chi connectivity index (χ2v) is 8.19. The Kier molecular flexibility index (Phi) is 7.00. The van der Waals surface area contributed by atoms with Crippen molar-refractivity contribution in [3.05, 3.63) is 46.6 Å². The molecular weight excluding hydrogens is 388 g/mol. The second-order valence-electron chi connectivity index (χ2n) is 7.24. The summed E-state index contributed by atoms with van der Waals surface area (Å²) in [6.45, 7) is 5.30. The molecule has 0 saturated carbocycles. The maximum atomic E-state index is 10.6. The molecule has 2 heterocycles. The van der Waals surface area contributed by atoms with Gasteiger partial charge in [0.1, 0.15) is 12.4 Å². The molecule has 7 nitrogen and oxygen atoms in total. The molecule has 1 unspecified atom stereocenters. The van der Waals surface area contributed by atoms with Crippen LogP contribution in [0, 0.1) is 0 Å². The van der Waals surface area contributed by atoms with Crippen molar-refractivity contribution >= 4 is 33.6 Å². The van der Waals surface area contributed by atoms with Crippen LogP contribution in [0.15, 0.2) is 41.0 Å². The average molecular weight is 417 g/mol. The standard InChI is InChI=1S/C21H28N4O3S/c1-14(20(23)17-4-5-18-16(21(17)27)6-10-29-18)11-19(22)24-15-3-2-7-25(12-15)8-9-28-13-26/h4-6,10-11,13,15,24,27H,2-3,7-9,12,22-23H2,1H3/b19-11+,20-14-. The fourth-order valence-electron chi connectivity index (χ4n) is 3.65. The first-order chi connectivity index (χ1) is 14.0. The Morgan fingerprint density at radius 1 is 1.41 bits per heavy atom. The molecule has 1 aliphatic heterocycles. The van der Waals surface area contributed by atoms with Crippen LogP contribution in [0.2, 0.25) is 0 Å². The zero-order valence-electron chi connectivity index (χ0n) is 16.6. The summed E-state index contributed by atoms with van der Waals surface area (Å²) in [4.78, 5) is 12.5. The molecule has 3 rings (SSSR count). The maximum absolute atomic E-state index is 10.6. The summed E-state index contributed by atoms with van der Waals surface area (Å²) in [5.41, 5.74) is 14.4. The van der Waals surface area contributed by atoms with Crippen molar-refractivity contribution < 1.29 is 14.6 Å². The Bertz CT molecular complexity index is 922. The number of carbonyl (C=O) groups excluding carboxylic acids is 1. The summed E-state index contributed by atoms with van der Waals surface area (Å²) >= 11 is 1.58. The van der Waals surface area contributed by atoms with E-state index < -0.39 is 0 Å². The predicted molar refractivity (Wildman–Crippen MR) is 117 cm³/mol. The van der Waals surface area contributed by atoms with Gasteiger partial charge in [-0.05, 0) is 61.5 Å². The number of allylic oxidation sites excluding steroid dienone is 2. The Morgan fingerprint density at radius 3 is 3.03 bits per heavy atom. The fraction of sp³-hybridized carbons (Fsp3) is 0.381. The molecule has 0 aliphatic carbocycles. The zero-order valence-corrected chi connectivity index (χ0v) is 17.4. The van der Waals surface area contributed by atoms with E-state index in [2.05, 4.69) is 10.2 Å². The molecular formula is C21H28N4O3S. The number of piperidine rings is 1. The van der Waals surface area contributed by atoms with E-state index in [0.717, 1.165) is 48.1 Å². The van der Waals surface area contributed by atoms with Crippen LogP contribution in [0.25, 0.3) is 15.8 Å². The predicted octanol–water partition coefficient (Wildman–Crippen LogP) is 2.32. The van der Waals surface area contributed by atoms with E-state index in [4.69, 9.17) is 16.2 Å². The molecule has 1 fully saturated rings. The van der Waals surface area contributed by atoms with Crippen molar-refractivity contribution in [3.63, 3.8) is 0 Å². The Hall–Kier alpha value is -2.71. The lowest BCUT2D eigenvalue weighted by Gasteiger charge is -2.33. The average Bonchev–Trinajstić information content (AvgIpc) is 3.18. The van der Waals surface area contributed by atoms with Crippen molar-refractivity contribution in [1.82, 2.24) is 10.2 Å². The highest BCUT2D eigenvalue weighted by Gasteiger charge is 2.19. The van der Waals surface area contributed by atoms with Crippen LogP contribution in [0.5, 0.6) is 5.75 Å². The van der Waals surface area contributed by atoms with Crippen molar-refractivity contribution in [1.29, 1.82) is 0 Å². The van der Waals surface area contributed by atoms with Crippen molar-refractivity contribution in [2.45, 2.75) is 25.8 Å². The van der Waals surface area contributed by atoms with Gasteiger partial charge in [0.25, 0.3) is 6.47 Å². The van der Waals surface area contributed by atoms with Crippen LogP contribution in [-0.2, 0) is 9.53 Å². The van der Waals surface area contributed by atoms with Gasteiger partial charge in [-0.15, -0.1) is 11.3 Å². The van der Waals surface area contributed by atoms with E-state index in [1.54, 1.807) is 17.4 Å². The number of ether oxygens (including phenoxy) is 1. The number of nitrogens with one attached hydrogen (secondary N) is 1. The number of benzene rings is 1. The first-order valence-corrected chi connectivity index (χ1v) is 10.5. The van der Waals surface area contributed by atoms with Gasteiger partial charge < -0.3 is 26.6 Å². The number of hydrogen-bond acceptors (Lipinski definition) is 8. The van der Waals surface area contributed by atoms with Crippen LogP contribution < -0.4 is 16.8 Å². The number of aromatic hydroxyl groups is 1. The summed E-state index contributed by atoms with van der Waals surface area (Å²) in [5.74, 6) is 0.735. The summed E-state index contributed by atoms with van der Waals surface area (Å²) < 4.78 is 5.81. The van der Waals surface area contributed by atoms with Gasteiger partial charge in [0, 0.05) is 40.5 Å². The number of carbonyl (C=O) groups is 1. The van der Waals surface area contributed by atoms with Gasteiger partial charge in [-0.25, -0.2) is 0 Å². The van der Waals surface area contributed by atoms with Gasteiger partial charge in [-0.3, -0.25) is 9.69 Å². The molecule has 0 amide bonds. The molecule has 0 spiro atoms. The minimum absolute atomic E-state index is 0.195. The smallest absolute Gasteiger partial charge is 0.293 e. The number of nitrogens with zero attached hydrogens (tertiary/aromatic N) is 1. The molecule has 1 atom stereocenters.